The van der Waals surface area contributed by atoms with Crippen LogP contribution in [0.5, 0.6) is 0 Å². The van der Waals surface area contributed by atoms with Crippen molar-refractivity contribution in [1.82, 2.24) is 5.32 Å². The highest BCUT2D eigenvalue weighted by molar-refractivity contribution is 5.81. The Bertz CT molecular complexity index is 228. The van der Waals surface area contributed by atoms with Gasteiger partial charge in [0.2, 0.25) is 5.91 Å². The first-order chi connectivity index (χ1) is 7.79. The zero-order valence-corrected chi connectivity index (χ0v) is 10.2. The molecule has 0 radical (unpaired) electrons. The van der Waals surface area contributed by atoms with Gasteiger partial charge in [0.1, 0.15) is 6.10 Å². The molecule has 0 bridgehead atoms. The van der Waals surface area contributed by atoms with Crippen LogP contribution in [0.4, 0.5) is 0 Å². The Morgan fingerprint density at radius 1 is 1.25 bits per heavy atom. The normalized spacial score (nSPS) is 34.9. The van der Waals surface area contributed by atoms with Crippen molar-refractivity contribution < 1.29 is 9.53 Å². The quantitative estimate of drug-likeness (QED) is 0.800. The molecule has 0 spiro atoms. The highest BCUT2D eigenvalue weighted by Gasteiger charge is 2.27. The van der Waals surface area contributed by atoms with Crippen molar-refractivity contribution in [2.24, 2.45) is 5.92 Å². The van der Waals surface area contributed by atoms with Crippen LogP contribution in [-0.4, -0.2) is 24.7 Å². The lowest BCUT2D eigenvalue weighted by atomic mass is 9.84. The second kappa shape index (κ2) is 5.67. The first-order valence-electron chi connectivity index (χ1n) is 6.71. The fraction of sp³-hybridized carbons (Fsp3) is 0.923. The molecular formula is C13H23NO2. The van der Waals surface area contributed by atoms with E-state index in [0.717, 1.165) is 38.2 Å². The molecule has 1 atom stereocenters. The van der Waals surface area contributed by atoms with Crippen molar-refractivity contribution in [2.75, 3.05) is 6.61 Å². The lowest BCUT2D eigenvalue weighted by Gasteiger charge is -2.29. The van der Waals surface area contributed by atoms with Gasteiger partial charge in [0.25, 0.3) is 0 Å². The summed E-state index contributed by atoms with van der Waals surface area (Å²) in [4.78, 5) is 11.8. The molecule has 92 valence electrons. The van der Waals surface area contributed by atoms with Crippen molar-refractivity contribution in [3.8, 4) is 0 Å². The fourth-order valence-corrected chi connectivity index (χ4v) is 2.79. The van der Waals surface area contributed by atoms with Gasteiger partial charge in [-0.1, -0.05) is 13.3 Å². The molecule has 1 unspecified atom stereocenters. The summed E-state index contributed by atoms with van der Waals surface area (Å²) < 4.78 is 5.39. The molecule has 3 heteroatoms. The molecule has 1 saturated heterocycles. The third kappa shape index (κ3) is 2.97. The summed E-state index contributed by atoms with van der Waals surface area (Å²) >= 11 is 0. The fourth-order valence-electron chi connectivity index (χ4n) is 2.79. The molecule has 2 aliphatic rings. The Hall–Kier alpha value is -0.570. The number of nitrogens with one attached hydrogen (secondary N) is 1. The number of amides is 1. The van der Waals surface area contributed by atoms with E-state index in [1.807, 2.05) is 0 Å². The van der Waals surface area contributed by atoms with Crippen LogP contribution < -0.4 is 5.32 Å². The summed E-state index contributed by atoms with van der Waals surface area (Å²) in [6, 6.07) is 0.402. The van der Waals surface area contributed by atoms with E-state index < -0.39 is 0 Å². The van der Waals surface area contributed by atoms with Gasteiger partial charge in [-0.3, -0.25) is 4.79 Å². The second-order valence-corrected chi connectivity index (χ2v) is 5.14. The van der Waals surface area contributed by atoms with Crippen LogP contribution >= 0.6 is 0 Å². The van der Waals surface area contributed by atoms with Crippen LogP contribution in [-0.2, 0) is 9.53 Å². The highest BCUT2D eigenvalue weighted by Crippen LogP contribution is 2.26. The van der Waals surface area contributed by atoms with E-state index in [4.69, 9.17) is 4.74 Å². The monoisotopic (exact) mass is 225 g/mol. The molecular weight excluding hydrogens is 202 g/mol. The Morgan fingerprint density at radius 3 is 2.56 bits per heavy atom. The molecule has 0 aromatic heterocycles. The second-order valence-electron chi connectivity index (χ2n) is 5.14. The Kier molecular flexibility index (Phi) is 4.22. The van der Waals surface area contributed by atoms with Gasteiger partial charge in [0, 0.05) is 12.6 Å². The van der Waals surface area contributed by atoms with Crippen molar-refractivity contribution in [1.29, 1.82) is 0 Å². The molecule has 1 aliphatic carbocycles. The number of rotatable bonds is 3. The summed E-state index contributed by atoms with van der Waals surface area (Å²) in [5.41, 5.74) is 0. The van der Waals surface area contributed by atoms with Crippen molar-refractivity contribution in [2.45, 2.75) is 64.0 Å². The van der Waals surface area contributed by atoms with Crippen molar-refractivity contribution in [3.63, 3.8) is 0 Å². The Morgan fingerprint density at radius 2 is 2.00 bits per heavy atom. The van der Waals surface area contributed by atoms with Crippen molar-refractivity contribution in [3.05, 3.63) is 0 Å². The van der Waals surface area contributed by atoms with Gasteiger partial charge in [-0.2, -0.15) is 0 Å². The zero-order chi connectivity index (χ0) is 11.4. The molecule has 0 aromatic rings. The van der Waals surface area contributed by atoms with E-state index in [-0.39, 0.29) is 12.0 Å². The predicted octanol–water partition coefficient (Wildman–Crippen LogP) is 2.25. The van der Waals surface area contributed by atoms with Gasteiger partial charge in [-0.25, -0.2) is 0 Å². The molecule has 1 aliphatic heterocycles. The summed E-state index contributed by atoms with van der Waals surface area (Å²) in [6.45, 7) is 3.01. The Balaban J connectivity index is 1.71. The van der Waals surface area contributed by atoms with Gasteiger partial charge >= 0.3 is 0 Å². The Labute approximate surface area is 97.9 Å². The molecule has 16 heavy (non-hydrogen) atoms. The molecule has 2 fully saturated rings. The van der Waals surface area contributed by atoms with Gasteiger partial charge in [-0.05, 0) is 44.4 Å². The molecule has 1 N–H and O–H groups in total. The largest absolute Gasteiger partial charge is 0.368 e. The summed E-state index contributed by atoms with van der Waals surface area (Å²) in [6.07, 6.45) is 7.89. The average molecular weight is 225 g/mol. The first kappa shape index (κ1) is 11.9. The van der Waals surface area contributed by atoms with Crippen LogP contribution in [0.1, 0.15) is 51.9 Å². The van der Waals surface area contributed by atoms with Crippen LogP contribution in [0.2, 0.25) is 0 Å². The van der Waals surface area contributed by atoms with E-state index in [2.05, 4.69) is 12.2 Å². The smallest absolute Gasteiger partial charge is 0.249 e. The maximum absolute atomic E-state index is 11.8. The summed E-state index contributed by atoms with van der Waals surface area (Å²) in [5, 5.41) is 3.14. The van der Waals surface area contributed by atoms with Crippen LogP contribution in [0.15, 0.2) is 0 Å². The van der Waals surface area contributed by atoms with E-state index in [1.54, 1.807) is 0 Å². The zero-order valence-electron chi connectivity index (χ0n) is 10.2. The number of carbonyl (C=O) groups excluding carboxylic acids is 1. The maximum atomic E-state index is 11.8. The SMILES string of the molecule is CCC1CCC(NC(=O)C2CCCO2)CC1. The van der Waals surface area contributed by atoms with Crippen LogP contribution in [0.25, 0.3) is 0 Å². The average Bonchev–Trinajstić information content (AvgIpc) is 2.83. The minimum absolute atomic E-state index is 0.123. The topological polar surface area (TPSA) is 38.3 Å². The number of hydrogen-bond acceptors (Lipinski definition) is 2. The molecule has 1 saturated carbocycles. The van der Waals surface area contributed by atoms with E-state index in [9.17, 15) is 4.79 Å². The highest BCUT2D eigenvalue weighted by atomic mass is 16.5. The van der Waals surface area contributed by atoms with E-state index in [0.29, 0.717) is 6.04 Å². The standard InChI is InChI=1S/C13H23NO2/c1-2-10-5-7-11(8-6-10)14-13(15)12-4-3-9-16-12/h10-12H,2-9H2,1H3,(H,14,15). The van der Waals surface area contributed by atoms with Gasteiger partial charge in [0.15, 0.2) is 0 Å². The first-order valence-corrected chi connectivity index (χ1v) is 6.71. The lowest BCUT2D eigenvalue weighted by molar-refractivity contribution is -0.131. The molecule has 3 nitrogen and oxygen atoms in total. The van der Waals surface area contributed by atoms with Gasteiger partial charge < -0.3 is 10.1 Å². The number of carbonyl (C=O) groups is 1. The summed E-state index contributed by atoms with van der Waals surface area (Å²) in [5.74, 6) is 1.01. The number of hydrogen-bond donors (Lipinski definition) is 1. The van der Waals surface area contributed by atoms with Crippen LogP contribution in [0, 0.1) is 5.92 Å². The van der Waals surface area contributed by atoms with E-state index >= 15 is 0 Å². The van der Waals surface area contributed by atoms with Gasteiger partial charge in [-0.15, -0.1) is 0 Å². The van der Waals surface area contributed by atoms with E-state index in [1.165, 1.54) is 19.3 Å². The minimum atomic E-state index is -0.163. The molecule has 2 rings (SSSR count). The minimum Gasteiger partial charge on any atom is -0.368 e. The molecule has 1 heterocycles. The van der Waals surface area contributed by atoms with Crippen LogP contribution in [0.3, 0.4) is 0 Å². The number of ether oxygens (including phenoxy) is 1. The molecule has 1 amide bonds. The predicted molar refractivity (Wildman–Crippen MR) is 63.2 cm³/mol. The third-order valence-corrected chi connectivity index (χ3v) is 3.99. The molecule has 0 aromatic carbocycles. The third-order valence-electron chi connectivity index (χ3n) is 3.99. The van der Waals surface area contributed by atoms with Gasteiger partial charge in [0.05, 0.1) is 0 Å². The van der Waals surface area contributed by atoms with Crippen molar-refractivity contribution >= 4 is 5.91 Å². The maximum Gasteiger partial charge on any atom is 0.249 e. The summed E-state index contributed by atoms with van der Waals surface area (Å²) in [7, 11) is 0. The lowest BCUT2D eigenvalue weighted by Crippen LogP contribution is -2.42.